The monoisotopic (exact) mass is 1840 g/mol. The van der Waals surface area contributed by atoms with Gasteiger partial charge in [-0.1, -0.05) is 72.3 Å². The van der Waals surface area contributed by atoms with Crippen LogP contribution in [-0.2, 0) is 90.1 Å². The molecule has 0 radical (unpaired) electrons. The fourth-order valence-corrected chi connectivity index (χ4v) is 23.0. The molecular formula is C86H138O42. The minimum atomic E-state index is -2.23. The molecule has 23 N–H and O–H groups in total. The molecule has 49 atom stereocenters. The number of hydrogen-bond acceptors (Lipinski definition) is 42. The molecule has 128 heavy (non-hydrogen) atoms. The van der Waals surface area contributed by atoms with Crippen molar-refractivity contribution in [3.8, 4) is 0 Å². The first-order valence-corrected chi connectivity index (χ1v) is 44.6. The lowest BCUT2D eigenvalue weighted by molar-refractivity contribution is -0.389. The van der Waals surface area contributed by atoms with Crippen LogP contribution in [0.25, 0.3) is 0 Å². The van der Waals surface area contributed by atoms with Crippen molar-refractivity contribution in [1.82, 2.24) is 0 Å². The molecule has 0 amide bonds. The van der Waals surface area contributed by atoms with Gasteiger partial charge in [0.1, 0.15) is 164 Å². The molecule has 42 heteroatoms. The third-order valence-electron chi connectivity index (χ3n) is 31.4. The lowest BCUT2D eigenvalue weighted by Gasteiger charge is -2.72. The lowest BCUT2D eigenvalue weighted by Crippen LogP contribution is -2.70. The summed E-state index contributed by atoms with van der Waals surface area (Å²) in [6.07, 6.45) is -61.7. The van der Waals surface area contributed by atoms with E-state index in [0.29, 0.717) is 32.1 Å². The number of carbonyl (C=O) groups excluding carboxylic acids is 2. The normalized spacial score (nSPS) is 51.9. The number of hydrogen-bond donors (Lipinski definition) is 23. The highest BCUT2D eigenvalue weighted by atomic mass is 16.8. The van der Waals surface area contributed by atoms with Gasteiger partial charge < -0.3 is 198 Å². The lowest BCUT2D eigenvalue weighted by atomic mass is 9.33. The second kappa shape index (κ2) is 39.3. The Morgan fingerprint density at radius 1 is 0.484 bits per heavy atom. The summed E-state index contributed by atoms with van der Waals surface area (Å²) in [5.41, 5.74) is -7.11. The van der Waals surface area contributed by atoms with E-state index in [4.69, 9.17) is 80.5 Å². The van der Waals surface area contributed by atoms with E-state index in [1.165, 1.54) is 39.8 Å². The van der Waals surface area contributed by atoms with E-state index >= 15 is 4.79 Å². The molecule has 0 unspecified atom stereocenters. The van der Waals surface area contributed by atoms with Crippen LogP contribution < -0.4 is 0 Å². The molecule has 0 bridgehead atoms. The van der Waals surface area contributed by atoms with Gasteiger partial charge in [-0.3, -0.25) is 4.79 Å². The summed E-state index contributed by atoms with van der Waals surface area (Å²) in [7, 11) is 0. The summed E-state index contributed by atoms with van der Waals surface area (Å²) in [5, 5.41) is 257. The zero-order valence-electron chi connectivity index (χ0n) is 74.0. The van der Waals surface area contributed by atoms with Gasteiger partial charge in [-0.25, -0.2) is 4.79 Å². The first-order valence-electron chi connectivity index (χ1n) is 44.6. The van der Waals surface area contributed by atoms with Gasteiger partial charge in [0.2, 0.25) is 6.29 Å². The highest BCUT2D eigenvalue weighted by Gasteiger charge is 2.74. The van der Waals surface area contributed by atoms with E-state index in [0.717, 1.165) is 5.57 Å². The largest absolute Gasteiger partial charge is 0.458 e. The maximum absolute atomic E-state index is 16.7. The molecular weight excluding hydrogens is 1700 g/mol. The van der Waals surface area contributed by atoms with Gasteiger partial charge in [0.25, 0.3) is 0 Å². The molecule has 13 rings (SSSR count). The molecule has 0 aromatic rings. The first-order chi connectivity index (χ1) is 59.9. The number of rotatable bonds is 26. The van der Waals surface area contributed by atoms with Crippen LogP contribution in [0.4, 0.5) is 0 Å². The Bertz CT molecular complexity index is 3830. The predicted molar refractivity (Wildman–Crippen MR) is 428 cm³/mol. The molecule has 8 saturated heterocycles. The van der Waals surface area contributed by atoms with Crippen LogP contribution in [0.2, 0.25) is 0 Å². The average molecular weight is 1840 g/mol. The van der Waals surface area contributed by atoms with Gasteiger partial charge in [0, 0.05) is 11.8 Å². The number of aliphatic hydroxyl groups is 23. The molecule has 12 fully saturated rings. The predicted octanol–water partition coefficient (Wildman–Crippen LogP) is -6.22. The van der Waals surface area contributed by atoms with Crippen molar-refractivity contribution in [1.29, 1.82) is 0 Å². The van der Waals surface area contributed by atoms with Crippen LogP contribution in [0.5, 0.6) is 0 Å². The topological polar surface area (TPSA) is 656 Å². The SMILES string of the molecule is C=C[C@@](C)(CC/C=C(\CO)C(=O)O[C@H]1C[C@]2(C(=O)O[C@@H]3O[C@H](CO)[C@@H](O)[C@H](O)[C@H]3O[C@@H]3O[C@@H](C)[C@H](O[C@@H]4O[C@@H](CO)[C@H](O)[C@H]4O)[C@@H](O[C@@H]4O[C@H](C)[C@@H](O)[C@H](O)[C@H]4O)[C@H]3O)[C@H](O)C[C@]3(C)C(=CC[C@@H]4[C@@]5(C)CC[C@H](O[C@@H]6O[C@H](CO[C@@H]7O[C@H](C)[C@H](O)[C@H](O)[C@H]7O[C@@H]7OC[C@@H](O)[C@H](O)[C@H]7O)[C@@H](O)[C@H](O)[C@H]6O)C(C)(C)[C@@H]5CC[C@]43C)[C@@H]2CC1(C)C)O[C@@H]1O[C@H](C)[C@@H](O)[C@H](O)[C@H]1O. The summed E-state index contributed by atoms with van der Waals surface area (Å²) < 4.78 is 104. The van der Waals surface area contributed by atoms with Crippen LogP contribution in [-0.4, -0.2) is 420 Å². The van der Waals surface area contributed by atoms with Crippen LogP contribution >= 0.6 is 0 Å². The van der Waals surface area contributed by atoms with Gasteiger partial charge in [0.05, 0.1) is 80.8 Å². The summed E-state index contributed by atoms with van der Waals surface area (Å²) in [6.45, 7) is 21.6. The zero-order chi connectivity index (χ0) is 94.0. The van der Waals surface area contributed by atoms with Gasteiger partial charge in [-0.05, 0) is 132 Å². The Hall–Kier alpha value is -3.36. The Morgan fingerprint density at radius 3 is 1.60 bits per heavy atom. The number of ether oxygens (including phenoxy) is 17. The first kappa shape index (κ1) is 102. The van der Waals surface area contributed by atoms with E-state index in [1.54, 1.807) is 6.92 Å². The van der Waals surface area contributed by atoms with Crippen LogP contribution in [0.15, 0.2) is 36.0 Å². The Morgan fingerprint density at radius 2 is 0.977 bits per heavy atom. The van der Waals surface area contributed by atoms with Gasteiger partial charge >= 0.3 is 11.9 Å². The fourth-order valence-electron chi connectivity index (χ4n) is 23.0. The smallest absolute Gasteiger partial charge is 0.336 e. The summed E-state index contributed by atoms with van der Waals surface area (Å²) >= 11 is 0. The quantitative estimate of drug-likeness (QED) is 0.0166. The van der Waals surface area contributed by atoms with Gasteiger partial charge in [-0.2, -0.15) is 0 Å². The molecule has 5 aliphatic carbocycles. The molecule has 734 valence electrons. The molecule has 0 aromatic heterocycles. The molecule has 8 aliphatic heterocycles. The fraction of sp³-hybridized carbons (Fsp3) is 0.907. The summed E-state index contributed by atoms with van der Waals surface area (Å²) in [6, 6.07) is 0. The highest BCUT2D eigenvalue weighted by molar-refractivity contribution is 5.89. The number of esters is 2. The second-order valence-electron chi connectivity index (χ2n) is 40.0. The Kier molecular flexibility index (Phi) is 31.3. The number of carbonyl (C=O) groups is 2. The number of aliphatic hydroxyl groups excluding tert-OH is 23. The number of fused-ring (bicyclic) bond motifs is 7. The van der Waals surface area contributed by atoms with Crippen LogP contribution in [0.1, 0.15) is 147 Å². The van der Waals surface area contributed by atoms with Crippen molar-refractivity contribution in [3.63, 3.8) is 0 Å². The average Bonchev–Trinajstić information content (AvgIpc) is 0.667. The maximum Gasteiger partial charge on any atom is 0.336 e. The van der Waals surface area contributed by atoms with Crippen molar-refractivity contribution >= 4 is 11.9 Å². The molecule has 0 spiro atoms. The Balaban J connectivity index is 0.787. The van der Waals surface area contributed by atoms with Gasteiger partial charge in [-0.15, -0.1) is 6.58 Å². The maximum atomic E-state index is 16.7. The van der Waals surface area contributed by atoms with Crippen molar-refractivity contribution in [2.24, 2.45) is 50.2 Å². The van der Waals surface area contributed by atoms with Crippen molar-refractivity contribution in [2.75, 3.05) is 33.0 Å². The third kappa shape index (κ3) is 18.6. The number of allylic oxidation sites excluding steroid dienone is 3. The van der Waals surface area contributed by atoms with Crippen molar-refractivity contribution < 1.29 is 208 Å². The van der Waals surface area contributed by atoms with Crippen molar-refractivity contribution in [2.45, 2.75) is 405 Å². The van der Waals surface area contributed by atoms with E-state index in [2.05, 4.69) is 33.4 Å². The highest BCUT2D eigenvalue weighted by Crippen LogP contribution is 2.76. The minimum absolute atomic E-state index is 0.00649. The second-order valence-corrected chi connectivity index (χ2v) is 40.0. The van der Waals surface area contributed by atoms with Crippen LogP contribution in [0, 0.1) is 50.2 Å². The molecule has 4 saturated carbocycles. The zero-order valence-corrected chi connectivity index (χ0v) is 74.0. The summed E-state index contributed by atoms with van der Waals surface area (Å²) in [5.74, 6) is -3.59. The van der Waals surface area contributed by atoms with E-state index in [-0.39, 0.29) is 43.1 Å². The Labute approximate surface area is 740 Å². The molecule has 42 nitrogen and oxygen atoms in total. The van der Waals surface area contributed by atoms with Crippen LogP contribution in [0.3, 0.4) is 0 Å². The van der Waals surface area contributed by atoms with E-state index in [9.17, 15) is 122 Å². The van der Waals surface area contributed by atoms with E-state index in [1.807, 2.05) is 27.7 Å². The summed E-state index contributed by atoms with van der Waals surface area (Å²) in [4.78, 5) is 31.6. The molecule has 8 heterocycles. The standard InChI is InChI=1S/C86H138O42/c1-14-82(10,128-76-64(108)56(100)49(93)33(3)115-76)21-15-16-36(27-87)70(110)121-47-26-86(79(111)127-78-69(59(103)52(96)40(28-88)119-78)126-75-65(109)67(124-72-62(106)55(99)48(92)32(2)114-72)66(35(5)117-75)123-74-61(105)53(97)41(29-89)118-74)38(24-80(47,6)7)37-17-18-44-83(11)22-20-46(81(8,9)43(83)19-23-84(44,12)85(37,13)25-45(86)91)122-73-63(107)57(101)54(98)42(120-73)31-113-77-68(58(102)50(94)34(4)116-77)125-71-60(104)51(95)39(90)30-112-71/h14,16-17,32-35,38-69,71-78,87-109H,1,15,18-31H2,2-13H3/b36-16+/t32-,33-,34-,35+,38+,39-,40-,41+,42-,43+,44-,45-,46+,47+,48-,49-,50+,51+,52-,53+,54-,55+,56+,57+,58+,59+,60-,61-,62-,63-,64-,65-,66+,67+,68-,69-,71+,72+,73+,74+,75+,76+,77-,78+,82+,83+,84-,85-,86-/m1/s1. The minimum Gasteiger partial charge on any atom is -0.458 e. The van der Waals surface area contributed by atoms with E-state index < -0.39 is 347 Å². The third-order valence-corrected chi connectivity index (χ3v) is 31.4. The molecule has 0 aromatic carbocycles. The molecule has 13 aliphatic rings. The van der Waals surface area contributed by atoms with Crippen molar-refractivity contribution in [3.05, 3.63) is 36.0 Å². The van der Waals surface area contributed by atoms with Gasteiger partial charge in [0.15, 0.2) is 50.1 Å².